The van der Waals surface area contributed by atoms with Gasteiger partial charge in [-0.25, -0.2) is 9.59 Å². The number of benzene rings is 1. The standard InChI is InChI=1S/C19H27NO6/c1-18(2,3)26-17(23)20-12-13-7-5-8-14(11-13)15(21)19(16(22)24-4)9-6-10-25-19/h5,7-8,11,15,21H,6,9-10,12H2,1-4H3,(H,20,23). The van der Waals surface area contributed by atoms with Gasteiger partial charge in [-0.1, -0.05) is 24.3 Å². The molecule has 1 aliphatic rings. The maximum Gasteiger partial charge on any atom is 0.407 e. The third kappa shape index (κ3) is 4.74. The molecule has 1 amide bonds. The molecule has 7 nitrogen and oxygen atoms in total. The zero-order chi connectivity index (χ0) is 19.4. The van der Waals surface area contributed by atoms with Gasteiger partial charge in [-0.05, 0) is 44.7 Å². The molecule has 2 unspecified atom stereocenters. The SMILES string of the molecule is COC(=O)C1(C(O)c2cccc(CNC(=O)OC(C)(C)C)c2)CCCO1. The number of carbonyl (C=O) groups excluding carboxylic acids is 2. The van der Waals surface area contributed by atoms with Crippen LogP contribution >= 0.6 is 0 Å². The Bertz CT molecular complexity index is 646. The van der Waals surface area contributed by atoms with Gasteiger partial charge in [0.1, 0.15) is 11.7 Å². The molecule has 2 atom stereocenters. The Hall–Kier alpha value is -2.12. The zero-order valence-electron chi connectivity index (χ0n) is 15.7. The molecule has 0 radical (unpaired) electrons. The van der Waals surface area contributed by atoms with Gasteiger partial charge in [0, 0.05) is 13.2 Å². The van der Waals surface area contributed by atoms with Crippen molar-refractivity contribution in [3.8, 4) is 0 Å². The lowest BCUT2D eigenvalue weighted by Crippen LogP contribution is -2.45. The van der Waals surface area contributed by atoms with Crippen molar-refractivity contribution in [1.29, 1.82) is 0 Å². The van der Waals surface area contributed by atoms with E-state index in [0.29, 0.717) is 25.0 Å². The molecule has 144 valence electrons. The quantitative estimate of drug-likeness (QED) is 0.779. The van der Waals surface area contributed by atoms with E-state index in [1.54, 1.807) is 39.0 Å². The predicted octanol–water partition coefficient (Wildman–Crippen LogP) is 2.47. The van der Waals surface area contributed by atoms with Gasteiger partial charge in [0.25, 0.3) is 0 Å². The number of alkyl carbamates (subject to hydrolysis) is 1. The molecule has 0 bridgehead atoms. The normalized spacial score (nSPS) is 21.1. The van der Waals surface area contributed by atoms with E-state index >= 15 is 0 Å². The molecule has 1 aliphatic heterocycles. The molecule has 1 aromatic carbocycles. The number of carbonyl (C=O) groups is 2. The van der Waals surface area contributed by atoms with Gasteiger partial charge in [0.15, 0.2) is 5.60 Å². The number of amides is 1. The fourth-order valence-corrected chi connectivity index (χ4v) is 2.95. The van der Waals surface area contributed by atoms with E-state index in [1.807, 2.05) is 6.07 Å². The maximum atomic E-state index is 12.2. The fourth-order valence-electron chi connectivity index (χ4n) is 2.95. The van der Waals surface area contributed by atoms with Crippen molar-refractivity contribution in [3.05, 3.63) is 35.4 Å². The van der Waals surface area contributed by atoms with Gasteiger partial charge in [0.05, 0.1) is 7.11 Å². The molecule has 26 heavy (non-hydrogen) atoms. The highest BCUT2D eigenvalue weighted by molar-refractivity contribution is 5.81. The van der Waals surface area contributed by atoms with Gasteiger partial charge in [-0.15, -0.1) is 0 Å². The lowest BCUT2D eigenvalue weighted by atomic mass is 9.88. The van der Waals surface area contributed by atoms with E-state index in [2.05, 4.69) is 5.32 Å². The molecular weight excluding hydrogens is 338 g/mol. The minimum Gasteiger partial charge on any atom is -0.467 e. The van der Waals surface area contributed by atoms with Crippen molar-refractivity contribution in [1.82, 2.24) is 5.32 Å². The Kier molecular flexibility index (Phi) is 6.26. The molecule has 0 spiro atoms. The highest BCUT2D eigenvalue weighted by atomic mass is 16.6. The van der Waals surface area contributed by atoms with Gasteiger partial charge in [0.2, 0.25) is 0 Å². The van der Waals surface area contributed by atoms with Gasteiger partial charge >= 0.3 is 12.1 Å². The lowest BCUT2D eigenvalue weighted by Gasteiger charge is -2.30. The largest absolute Gasteiger partial charge is 0.467 e. The van der Waals surface area contributed by atoms with Crippen LogP contribution in [-0.4, -0.2) is 42.1 Å². The molecule has 1 aromatic rings. The average Bonchev–Trinajstić information content (AvgIpc) is 3.08. The van der Waals surface area contributed by atoms with Crippen molar-refractivity contribution in [3.63, 3.8) is 0 Å². The van der Waals surface area contributed by atoms with Crippen molar-refractivity contribution in [2.75, 3.05) is 13.7 Å². The summed E-state index contributed by atoms with van der Waals surface area (Å²) < 4.78 is 15.6. The number of hydrogen-bond acceptors (Lipinski definition) is 6. The second-order valence-electron chi connectivity index (χ2n) is 7.34. The van der Waals surface area contributed by atoms with Gasteiger partial charge < -0.3 is 24.6 Å². The second-order valence-corrected chi connectivity index (χ2v) is 7.34. The Morgan fingerprint density at radius 3 is 2.69 bits per heavy atom. The molecule has 2 rings (SSSR count). The Labute approximate surface area is 153 Å². The molecule has 1 heterocycles. The molecule has 1 fully saturated rings. The van der Waals surface area contributed by atoms with Crippen molar-refractivity contribution in [2.45, 2.75) is 57.5 Å². The third-order valence-electron chi connectivity index (χ3n) is 4.13. The number of aliphatic hydroxyl groups is 1. The predicted molar refractivity (Wildman–Crippen MR) is 94.4 cm³/mol. The first-order valence-electron chi connectivity index (χ1n) is 8.64. The number of nitrogens with one attached hydrogen (secondary N) is 1. The van der Waals surface area contributed by atoms with Crippen LogP contribution in [0.5, 0.6) is 0 Å². The van der Waals surface area contributed by atoms with Crippen LogP contribution in [0.25, 0.3) is 0 Å². The maximum absolute atomic E-state index is 12.2. The second kappa shape index (κ2) is 8.05. The van der Waals surface area contributed by atoms with Crippen LogP contribution in [0.4, 0.5) is 4.79 Å². The number of methoxy groups -OCH3 is 1. The van der Waals surface area contributed by atoms with Crippen LogP contribution in [0.3, 0.4) is 0 Å². The number of aliphatic hydroxyl groups excluding tert-OH is 1. The number of hydrogen-bond donors (Lipinski definition) is 2. The zero-order valence-corrected chi connectivity index (χ0v) is 15.7. The number of esters is 1. The molecule has 2 N–H and O–H groups in total. The minimum atomic E-state index is -1.38. The monoisotopic (exact) mass is 365 g/mol. The van der Waals surface area contributed by atoms with Crippen LogP contribution in [0.2, 0.25) is 0 Å². The molecule has 1 saturated heterocycles. The summed E-state index contributed by atoms with van der Waals surface area (Å²) in [5, 5.41) is 13.5. The fraction of sp³-hybridized carbons (Fsp3) is 0.579. The number of rotatable bonds is 5. The Morgan fingerprint density at radius 1 is 1.38 bits per heavy atom. The van der Waals surface area contributed by atoms with Crippen LogP contribution in [-0.2, 0) is 25.5 Å². The van der Waals surface area contributed by atoms with Crippen molar-refractivity contribution < 1.29 is 28.9 Å². The van der Waals surface area contributed by atoms with Crippen molar-refractivity contribution in [2.24, 2.45) is 0 Å². The van der Waals surface area contributed by atoms with Crippen molar-refractivity contribution >= 4 is 12.1 Å². The van der Waals surface area contributed by atoms with Crippen LogP contribution in [0.15, 0.2) is 24.3 Å². The molecule has 7 heteroatoms. The molecule has 0 aromatic heterocycles. The van der Waals surface area contributed by atoms with E-state index < -0.39 is 29.4 Å². The van der Waals surface area contributed by atoms with E-state index in [1.165, 1.54) is 7.11 Å². The Morgan fingerprint density at radius 2 is 2.12 bits per heavy atom. The molecule has 0 aliphatic carbocycles. The highest BCUT2D eigenvalue weighted by Crippen LogP contribution is 2.39. The van der Waals surface area contributed by atoms with E-state index in [4.69, 9.17) is 14.2 Å². The number of ether oxygens (including phenoxy) is 3. The van der Waals surface area contributed by atoms with Crippen LogP contribution in [0, 0.1) is 0 Å². The van der Waals surface area contributed by atoms with E-state index in [-0.39, 0.29) is 6.54 Å². The first-order chi connectivity index (χ1) is 12.2. The lowest BCUT2D eigenvalue weighted by molar-refractivity contribution is -0.178. The molecule has 0 saturated carbocycles. The summed E-state index contributed by atoms with van der Waals surface area (Å²) in [6, 6.07) is 7.01. The summed E-state index contributed by atoms with van der Waals surface area (Å²) in [6.45, 7) is 6.00. The highest BCUT2D eigenvalue weighted by Gasteiger charge is 2.50. The summed E-state index contributed by atoms with van der Waals surface area (Å²) >= 11 is 0. The van der Waals surface area contributed by atoms with Gasteiger partial charge in [-0.2, -0.15) is 0 Å². The summed E-state index contributed by atoms with van der Waals surface area (Å²) in [6.07, 6.45) is -0.611. The summed E-state index contributed by atoms with van der Waals surface area (Å²) in [4.78, 5) is 24.0. The third-order valence-corrected chi connectivity index (χ3v) is 4.13. The topological polar surface area (TPSA) is 94.1 Å². The first kappa shape index (κ1) is 20.2. The van der Waals surface area contributed by atoms with E-state index in [9.17, 15) is 14.7 Å². The smallest absolute Gasteiger partial charge is 0.407 e. The van der Waals surface area contributed by atoms with Crippen LogP contribution in [0.1, 0.15) is 50.8 Å². The Balaban J connectivity index is 2.10. The van der Waals surface area contributed by atoms with Crippen LogP contribution < -0.4 is 5.32 Å². The first-order valence-corrected chi connectivity index (χ1v) is 8.64. The van der Waals surface area contributed by atoms with Gasteiger partial charge in [-0.3, -0.25) is 0 Å². The summed E-state index contributed by atoms with van der Waals surface area (Å²) in [7, 11) is 1.28. The summed E-state index contributed by atoms with van der Waals surface area (Å²) in [5.41, 5.74) is -0.660. The average molecular weight is 365 g/mol. The minimum absolute atomic E-state index is 0.238. The summed E-state index contributed by atoms with van der Waals surface area (Å²) in [5.74, 6) is -0.584. The van der Waals surface area contributed by atoms with E-state index in [0.717, 1.165) is 5.56 Å². The molecular formula is C19H27NO6.